The minimum Gasteiger partial charge on any atom is -0.360 e. The number of benzene rings is 1. The Morgan fingerprint density at radius 3 is 2.92 bits per heavy atom. The van der Waals surface area contributed by atoms with E-state index in [9.17, 15) is 9.18 Å². The van der Waals surface area contributed by atoms with Gasteiger partial charge < -0.3 is 9.84 Å². The smallest absolute Gasteiger partial charge is 0.238 e. The van der Waals surface area contributed by atoms with E-state index in [4.69, 9.17) is 4.52 Å². The summed E-state index contributed by atoms with van der Waals surface area (Å²) in [6.07, 6.45) is 0. The highest BCUT2D eigenvalue weighted by molar-refractivity contribution is 8.00. The first-order chi connectivity index (χ1) is 11.5. The average Bonchev–Trinajstić information content (AvgIpc) is 3.17. The first-order valence-corrected chi connectivity index (χ1v) is 7.99. The Bertz CT molecular complexity index is 863. The van der Waals surface area contributed by atoms with Gasteiger partial charge in [-0.2, -0.15) is 0 Å². The predicted molar refractivity (Wildman–Crippen MR) is 87.0 cm³/mol. The van der Waals surface area contributed by atoms with Crippen molar-refractivity contribution in [2.45, 2.75) is 24.3 Å². The summed E-state index contributed by atoms with van der Waals surface area (Å²) < 4.78 is 18.6. The second-order valence-corrected chi connectivity index (χ2v) is 6.33. The number of rotatable bonds is 5. The number of anilines is 1. The molecule has 3 rings (SSSR count). The van der Waals surface area contributed by atoms with Crippen LogP contribution in [0, 0.1) is 12.7 Å². The Labute approximate surface area is 141 Å². The van der Waals surface area contributed by atoms with Crippen LogP contribution < -0.4 is 5.32 Å². The van der Waals surface area contributed by atoms with E-state index >= 15 is 0 Å². The number of nitrogens with one attached hydrogen (secondary N) is 2. The van der Waals surface area contributed by atoms with Gasteiger partial charge in [-0.25, -0.2) is 9.37 Å². The number of hydrogen-bond donors (Lipinski definition) is 2. The Balaban J connectivity index is 1.66. The predicted octanol–water partition coefficient (Wildman–Crippen LogP) is 3.03. The van der Waals surface area contributed by atoms with Crippen LogP contribution in [-0.2, 0) is 4.79 Å². The third kappa shape index (κ3) is 3.62. The van der Waals surface area contributed by atoms with Crippen molar-refractivity contribution in [3.05, 3.63) is 41.9 Å². The molecule has 2 aromatic heterocycles. The van der Waals surface area contributed by atoms with Crippen molar-refractivity contribution in [3.8, 4) is 11.4 Å². The van der Waals surface area contributed by atoms with Crippen molar-refractivity contribution in [2.75, 3.05) is 5.32 Å². The van der Waals surface area contributed by atoms with E-state index in [2.05, 4.69) is 25.7 Å². The van der Waals surface area contributed by atoms with Crippen LogP contribution in [0.3, 0.4) is 0 Å². The van der Waals surface area contributed by atoms with E-state index in [-0.39, 0.29) is 5.91 Å². The van der Waals surface area contributed by atoms with Crippen LogP contribution >= 0.6 is 11.8 Å². The Kier molecular flexibility index (Phi) is 4.61. The molecule has 0 saturated carbocycles. The minimum atomic E-state index is -0.466. The highest BCUT2D eigenvalue weighted by Gasteiger charge is 2.19. The van der Waals surface area contributed by atoms with E-state index in [1.54, 1.807) is 38.1 Å². The van der Waals surface area contributed by atoms with Crippen LogP contribution in [0.5, 0.6) is 0 Å². The number of hydrogen-bond acceptors (Lipinski definition) is 6. The lowest BCUT2D eigenvalue weighted by Gasteiger charge is -2.07. The van der Waals surface area contributed by atoms with Crippen molar-refractivity contribution in [1.82, 2.24) is 20.3 Å². The van der Waals surface area contributed by atoms with Gasteiger partial charge in [-0.1, -0.05) is 29.1 Å². The first kappa shape index (κ1) is 16.2. The van der Waals surface area contributed by atoms with Gasteiger partial charge in [0.2, 0.25) is 11.1 Å². The molecule has 0 unspecified atom stereocenters. The zero-order chi connectivity index (χ0) is 17.1. The number of halogens is 1. The van der Waals surface area contributed by atoms with Crippen molar-refractivity contribution in [3.63, 3.8) is 0 Å². The minimum absolute atomic E-state index is 0.259. The molecule has 2 heterocycles. The highest BCUT2D eigenvalue weighted by Crippen LogP contribution is 2.24. The van der Waals surface area contributed by atoms with Crippen molar-refractivity contribution in [1.29, 1.82) is 0 Å². The van der Waals surface area contributed by atoms with Crippen LogP contribution in [0.15, 0.2) is 40.0 Å². The molecular weight excluding hydrogens is 333 g/mol. The molecule has 124 valence electrons. The number of aromatic amines is 1. The molecule has 0 saturated heterocycles. The monoisotopic (exact) mass is 347 g/mol. The summed E-state index contributed by atoms with van der Waals surface area (Å²) >= 11 is 1.15. The summed E-state index contributed by atoms with van der Waals surface area (Å²) in [6, 6.07) is 7.89. The first-order valence-electron chi connectivity index (χ1n) is 7.11. The van der Waals surface area contributed by atoms with Crippen LogP contribution in [0.1, 0.15) is 12.7 Å². The lowest BCUT2D eigenvalue weighted by Crippen LogP contribution is -2.22. The fourth-order valence-electron chi connectivity index (χ4n) is 1.94. The lowest BCUT2D eigenvalue weighted by atomic mass is 10.2. The molecule has 24 heavy (non-hydrogen) atoms. The Morgan fingerprint density at radius 2 is 2.21 bits per heavy atom. The fourth-order valence-corrected chi connectivity index (χ4v) is 2.66. The van der Waals surface area contributed by atoms with E-state index < -0.39 is 11.1 Å². The molecule has 7 nitrogen and oxygen atoms in total. The fraction of sp³-hybridized carbons (Fsp3) is 0.200. The summed E-state index contributed by atoms with van der Waals surface area (Å²) in [4.78, 5) is 16.3. The average molecular weight is 347 g/mol. The molecule has 0 aliphatic carbocycles. The van der Waals surface area contributed by atoms with E-state index in [1.165, 1.54) is 6.07 Å². The van der Waals surface area contributed by atoms with Gasteiger partial charge in [0.1, 0.15) is 11.6 Å². The maximum Gasteiger partial charge on any atom is 0.238 e. The van der Waals surface area contributed by atoms with Gasteiger partial charge in [0.25, 0.3) is 0 Å². The number of aryl methyl sites for hydroxylation is 1. The van der Waals surface area contributed by atoms with Gasteiger partial charge >= 0.3 is 0 Å². The number of carbonyl (C=O) groups is 1. The van der Waals surface area contributed by atoms with Crippen LogP contribution in [-0.4, -0.2) is 31.5 Å². The van der Waals surface area contributed by atoms with Crippen molar-refractivity contribution in [2.24, 2.45) is 0 Å². The molecule has 1 atom stereocenters. The molecule has 2 N–H and O–H groups in total. The number of nitrogens with zero attached hydrogens (tertiary/aromatic N) is 3. The number of H-pyrrole nitrogens is 1. The quantitative estimate of drug-likeness (QED) is 0.689. The molecule has 0 spiro atoms. The number of aromatic nitrogens is 4. The number of carbonyl (C=O) groups excluding carboxylic acids is 1. The van der Waals surface area contributed by atoms with Crippen LogP contribution in [0.25, 0.3) is 11.4 Å². The Hall–Kier alpha value is -2.68. The molecule has 0 aliphatic heterocycles. The Morgan fingerprint density at radius 1 is 1.42 bits per heavy atom. The summed E-state index contributed by atoms with van der Waals surface area (Å²) in [5.74, 6) is 0.624. The number of amides is 1. The lowest BCUT2D eigenvalue weighted by molar-refractivity contribution is -0.115. The van der Waals surface area contributed by atoms with Gasteiger partial charge in [0.15, 0.2) is 11.6 Å². The summed E-state index contributed by atoms with van der Waals surface area (Å²) in [6.45, 7) is 3.45. The molecule has 0 aliphatic rings. The van der Waals surface area contributed by atoms with E-state index in [0.29, 0.717) is 28.1 Å². The van der Waals surface area contributed by atoms with Gasteiger partial charge in [0.05, 0.1) is 10.8 Å². The normalized spacial score (nSPS) is 12.1. The topological polar surface area (TPSA) is 96.7 Å². The molecular formula is C15H14FN5O2S. The third-order valence-corrected chi connectivity index (χ3v) is 4.09. The standard InChI is InChI=1S/C15H14FN5O2S/c1-8-7-12(21-23-8)17-14(22)9(2)24-15-18-13(19-20-15)10-5-3-4-6-11(10)16/h3-7,9H,1-2H3,(H,17,21,22)(H,18,19,20)/t9-/m1/s1. The molecule has 0 fully saturated rings. The molecule has 9 heteroatoms. The second-order valence-electron chi connectivity index (χ2n) is 5.02. The zero-order valence-electron chi connectivity index (χ0n) is 12.9. The van der Waals surface area contributed by atoms with Gasteiger partial charge in [-0.15, -0.1) is 5.10 Å². The summed E-state index contributed by atoms with van der Waals surface area (Å²) in [7, 11) is 0. The van der Waals surface area contributed by atoms with Gasteiger partial charge in [-0.3, -0.25) is 9.89 Å². The van der Waals surface area contributed by atoms with Crippen LogP contribution in [0.2, 0.25) is 0 Å². The second kappa shape index (κ2) is 6.83. The zero-order valence-corrected chi connectivity index (χ0v) is 13.7. The van der Waals surface area contributed by atoms with Gasteiger partial charge in [-0.05, 0) is 26.0 Å². The SMILES string of the molecule is Cc1cc(NC(=O)[C@@H](C)Sc2n[nH]c(-c3ccccc3F)n2)no1. The number of thioether (sulfide) groups is 1. The molecule has 1 amide bonds. The van der Waals surface area contributed by atoms with Crippen molar-refractivity contribution < 1.29 is 13.7 Å². The van der Waals surface area contributed by atoms with E-state index in [1.807, 2.05) is 0 Å². The maximum absolute atomic E-state index is 13.7. The molecule has 0 radical (unpaired) electrons. The van der Waals surface area contributed by atoms with E-state index in [0.717, 1.165) is 11.8 Å². The maximum atomic E-state index is 13.7. The molecule has 0 bridgehead atoms. The summed E-state index contributed by atoms with van der Waals surface area (Å²) in [5, 5.41) is 12.9. The van der Waals surface area contributed by atoms with Crippen molar-refractivity contribution >= 4 is 23.5 Å². The highest BCUT2D eigenvalue weighted by atomic mass is 32.2. The third-order valence-electron chi connectivity index (χ3n) is 3.12. The largest absolute Gasteiger partial charge is 0.360 e. The summed E-state index contributed by atoms with van der Waals surface area (Å²) in [5.41, 5.74) is 0.326. The molecule has 1 aromatic carbocycles. The van der Waals surface area contributed by atoms with Gasteiger partial charge in [0, 0.05) is 6.07 Å². The van der Waals surface area contributed by atoms with Crippen LogP contribution in [0.4, 0.5) is 10.2 Å². The molecule has 3 aromatic rings.